The fourth-order valence-electron chi connectivity index (χ4n) is 3.84. The lowest BCUT2D eigenvalue weighted by Crippen LogP contribution is -2.50. The number of carbonyl (C=O) groups is 2. The van der Waals surface area contributed by atoms with Gasteiger partial charge in [0, 0.05) is 22.6 Å². The summed E-state index contributed by atoms with van der Waals surface area (Å²) in [7, 11) is 0. The van der Waals surface area contributed by atoms with Crippen LogP contribution in [0.1, 0.15) is 50.2 Å². The third kappa shape index (κ3) is 6.23. The van der Waals surface area contributed by atoms with Gasteiger partial charge in [-0.15, -0.1) is 0 Å². The Morgan fingerprint density at radius 3 is 2.37 bits per heavy atom. The van der Waals surface area contributed by atoms with Crippen LogP contribution in [0.25, 0.3) is 0 Å². The van der Waals surface area contributed by atoms with E-state index in [9.17, 15) is 9.59 Å². The lowest BCUT2D eigenvalue weighted by atomic mass is 9.95. The van der Waals surface area contributed by atoms with Gasteiger partial charge in [0.25, 0.3) is 0 Å². The van der Waals surface area contributed by atoms with Crippen LogP contribution in [0.15, 0.2) is 48.5 Å². The molecule has 30 heavy (non-hydrogen) atoms. The predicted octanol–water partition coefficient (Wildman–Crippen LogP) is 5.40. The smallest absolute Gasteiger partial charge is 0.242 e. The van der Waals surface area contributed by atoms with Gasteiger partial charge in [-0.25, -0.2) is 0 Å². The van der Waals surface area contributed by atoms with Crippen molar-refractivity contribution >= 4 is 35.0 Å². The Labute approximate surface area is 188 Å². The topological polar surface area (TPSA) is 49.4 Å². The van der Waals surface area contributed by atoms with E-state index < -0.39 is 6.04 Å². The predicted molar refractivity (Wildman–Crippen MR) is 122 cm³/mol. The Hall–Kier alpha value is -2.04. The van der Waals surface area contributed by atoms with E-state index in [4.69, 9.17) is 23.2 Å². The molecule has 0 unspecified atom stereocenters. The van der Waals surface area contributed by atoms with Gasteiger partial charge in [-0.3, -0.25) is 9.59 Å². The minimum Gasteiger partial charge on any atom is -0.352 e. The maximum atomic E-state index is 13.2. The summed E-state index contributed by atoms with van der Waals surface area (Å²) >= 11 is 12.3. The molecular weight excluding hydrogens is 419 g/mol. The molecule has 1 N–H and O–H groups in total. The van der Waals surface area contributed by atoms with E-state index in [1.165, 1.54) is 6.42 Å². The minimum atomic E-state index is -0.586. The summed E-state index contributed by atoms with van der Waals surface area (Å²) < 4.78 is 0. The minimum absolute atomic E-state index is 0.108. The van der Waals surface area contributed by atoms with E-state index in [1.807, 2.05) is 30.3 Å². The van der Waals surface area contributed by atoms with Gasteiger partial charge in [-0.2, -0.15) is 0 Å². The molecule has 1 aliphatic carbocycles. The SMILES string of the molecule is C[C@H](C(=O)NC1CCCCC1)N(Cc1ccc(Cl)cc1)C(=O)Cc1ccccc1Cl. The Morgan fingerprint density at radius 1 is 1.03 bits per heavy atom. The number of amides is 2. The van der Waals surface area contributed by atoms with Crippen LogP contribution in [0.3, 0.4) is 0 Å². The quantitative estimate of drug-likeness (QED) is 0.618. The second kappa shape index (κ2) is 10.8. The molecule has 1 aliphatic rings. The summed E-state index contributed by atoms with van der Waals surface area (Å²) in [6.45, 7) is 2.12. The van der Waals surface area contributed by atoms with Crippen molar-refractivity contribution in [3.05, 3.63) is 69.7 Å². The first-order chi connectivity index (χ1) is 14.4. The van der Waals surface area contributed by atoms with Gasteiger partial charge >= 0.3 is 0 Å². The van der Waals surface area contributed by atoms with Crippen molar-refractivity contribution in [3.8, 4) is 0 Å². The monoisotopic (exact) mass is 446 g/mol. The molecule has 6 heteroatoms. The molecule has 4 nitrogen and oxygen atoms in total. The Morgan fingerprint density at radius 2 is 1.70 bits per heavy atom. The van der Waals surface area contributed by atoms with Crippen LogP contribution in [0.5, 0.6) is 0 Å². The number of nitrogens with one attached hydrogen (secondary N) is 1. The van der Waals surface area contributed by atoms with Crippen molar-refractivity contribution in [2.24, 2.45) is 0 Å². The lowest BCUT2D eigenvalue weighted by molar-refractivity contribution is -0.140. The van der Waals surface area contributed by atoms with Crippen molar-refractivity contribution in [2.45, 2.75) is 64.1 Å². The van der Waals surface area contributed by atoms with Crippen molar-refractivity contribution in [1.29, 1.82) is 0 Å². The lowest BCUT2D eigenvalue weighted by Gasteiger charge is -2.31. The van der Waals surface area contributed by atoms with Crippen LogP contribution >= 0.6 is 23.2 Å². The molecule has 0 radical (unpaired) electrons. The van der Waals surface area contributed by atoms with Gasteiger partial charge in [0.05, 0.1) is 6.42 Å². The van der Waals surface area contributed by atoms with Crippen LogP contribution in [-0.4, -0.2) is 28.8 Å². The van der Waals surface area contributed by atoms with Gasteiger partial charge in [0.2, 0.25) is 11.8 Å². The van der Waals surface area contributed by atoms with Crippen molar-refractivity contribution < 1.29 is 9.59 Å². The molecule has 1 fully saturated rings. The molecular formula is C24H28Cl2N2O2. The van der Waals surface area contributed by atoms with Gasteiger partial charge in [-0.05, 0) is 49.1 Å². The summed E-state index contributed by atoms with van der Waals surface area (Å²) in [6.07, 6.45) is 5.65. The summed E-state index contributed by atoms with van der Waals surface area (Å²) in [6, 6.07) is 14.3. The highest BCUT2D eigenvalue weighted by Crippen LogP contribution is 2.21. The molecule has 160 valence electrons. The molecule has 0 bridgehead atoms. The highest BCUT2D eigenvalue weighted by atomic mass is 35.5. The van der Waals surface area contributed by atoms with Crippen LogP contribution in [-0.2, 0) is 22.6 Å². The maximum Gasteiger partial charge on any atom is 0.242 e. The van der Waals surface area contributed by atoms with Crippen molar-refractivity contribution in [2.75, 3.05) is 0 Å². The van der Waals surface area contributed by atoms with E-state index in [0.29, 0.717) is 16.6 Å². The van der Waals surface area contributed by atoms with Gasteiger partial charge < -0.3 is 10.2 Å². The van der Waals surface area contributed by atoms with Crippen LogP contribution in [0.4, 0.5) is 0 Å². The maximum absolute atomic E-state index is 13.2. The molecule has 0 aromatic heterocycles. The molecule has 1 saturated carbocycles. The molecule has 1 atom stereocenters. The highest BCUT2D eigenvalue weighted by Gasteiger charge is 2.28. The summed E-state index contributed by atoms with van der Waals surface area (Å²) in [5.41, 5.74) is 1.68. The van der Waals surface area contributed by atoms with E-state index in [0.717, 1.165) is 36.8 Å². The Bertz CT molecular complexity index is 864. The van der Waals surface area contributed by atoms with E-state index in [1.54, 1.807) is 30.0 Å². The average molecular weight is 447 g/mol. The summed E-state index contributed by atoms with van der Waals surface area (Å²) in [5.74, 6) is -0.243. The van der Waals surface area contributed by atoms with Crippen LogP contribution < -0.4 is 5.32 Å². The molecule has 0 saturated heterocycles. The zero-order chi connectivity index (χ0) is 21.5. The number of nitrogens with zero attached hydrogens (tertiary/aromatic N) is 1. The fraction of sp³-hybridized carbons (Fsp3) is 0.417. The third-order valence-corrected chi connectivity index (χ3v) is 6.31. The number of benzene rings is 2. The Balaban J connectivity index is 1.76. The standard InChI is InChI=1S/C24H28Cl2N2O2/c1-17(24(30)27-21-8-3-2-4-9-21)28(16-18-11-13-20(25)14-12-18)23(29)15-19-7-5-6-10-22(19)26/h5-7,10-14,17,21H,2-4,8-9,15-16H2,1H3,(H,27,30)/t17-/m1/s1. The number of rotatable bonds is 7. The van der Waals surface area contributed by atoms with Gasteiger partial charge in [0.1, 0.15) is 6.04 Å². The zero-order valence-electron chi connectivity index (χ0n) is 17.2. The van der Waals surface area contributed by atoms with Crippen LogP contribution in [0.2, 0.25) is 10.0 Å². The molecule has 3 rings (SSSR count). The molecule has 2 amide bonds. The molecule has 2 aromatic carbocycles. The van der Waals surface area contributed by atoms with Gasteiger partial charge in [0.15, 0.2) is 0 Å². The van der Waals surface area contributed by atoms with Gasteiger partial charge in [-0.1, -0.05) is 72.8 Å². The second-order valence-electron chi connectivity index (χ2n) is 7.94. The first-order valence-corrected chi connectivity index (χ1v) is 11.3. The fourth-order valence-corrected chi connectivity index (χ4v) is 4.17. The zero-order valence-corrected chi connectivity index (χ0v) is 18.8. The summed E-state index contributed by atoms with van der Waals surface area (Å²) in [4.78, 5) is 27.8. The molecule has 2 aromatic rings. The number of carbonyl (C=O) groups excluding carboxylic acids is 2. The Kier molecular flexibility index (Phi) is 8.17. The van der Waals surface area contributed by atoms with Crippen molar-refractivity contribution in [3.63, 3.8) is 0 Å². The van der Waals surface area contributed by atoms with Crippen molar-refractivity contribution in [1.82, 2.24) is 10.2 Å². The molecule has 0 aliphatic heterocycles. The largest absolute Gasteiger partial charge is 0.352 e. The number of halogens is 2. The second-order valence-corrected chi connectivity index (χ2v) is 8.78. The third-order valence-electron chi connectivity index (χ3n) is 5.68. The normalized spacial score (nSPS) is 15.4. The molecule has 0 spiro atoms. The number of hydrogen-bond donors (Lipinski definition) is 1. The van der Waals surface area contributed by atoms with E-state index in [2.05, 4.69) is 5.32 Å². The van der Waals surface area contributed by atoms with E-state index in [-0.39, 0.29) is 24.3 Å². The van der Waals surface area contributed by atoms with Crippen LogP contribution in [0, 0.1) is 0 Å². The van der Waals surface area contributed by atoms with E-state index >= 15 is 0 Å². The number of hydrogen-bond acceptors (Lipinski definition) is 2. The summed E-state index contributed by atoms with van der Waals surface area (Å²) in [5, 5.41) is 4.33. The first-order valence-electron chi connectivity index (χ1n) is 10.5. The molecule has 0 heterocycles. The highest BCUT2D eigenvalue weighted by molar-refractivity contribution is 6.31. The first kappa shape index (κ1) is 22.6. The average Bonchev–Trinajstić information content (AvgIpc) is 2.75.